The Balaban J connectivity index is 2.35. The molecule has 74 valence electrons. The molecule has 0 fully saturated rings. The summed E-state index contributed by atoms with van der Waals surface area (Å²) >= 11 is 0. The Bertz CT molecular complexity index is 365. The van der Waals surface area contributed by atoms with Crippen LogP contribution in [0.5, 0.6) is 5.88 Å². The van der Waals surface area contributed by atoms with E-state index in [0.29, 0.717) is 5.88 Å². The van der Waals surface area contributed by atoms with Gasteiger partial charge in [-0.05, 0) is 12.8 Å². The summed E-state index contributed by atoms with van der Waals surface area (Å²) < 4.78 is 4.96. The summed E-state index contributed by atoms with van der Waals surface area (Å²) in [7, 11) is 0. The molecule has 1 aromatic rings. The van der Waals surface area contributed by atoms with E-state index in [4.69, 9.17) is 4.74 Å². The first kappa shape index (κ1) is 8.93. The predicted molar refractivity (Wildman–Crippen MR) is 50.2 cm³/mol. The minimum atomic E-state index is -0.363. The van der Waals surface area contributed by atoms with Gasteiger partial charge in [0.15, 0.2) is 0 Å². The van der Waals surface area contributed by atoms with Crippen LogP contribution >= 0.6 is 0 Å². The van der Waals surface area contributed by atoms with Crippen molar-refractivity contribution in [2.45, 2.75) is 19.8 Å². The first-order chi connectivity index (χ1) is 6.77. The zero-order valence-corrected chi connectivity index (χ0v) is 7.91. The van der Waals surface area contributed by atoms with Crippen LogP contribution in [0.4, 0.5) is 5.69 Å². The number of esters is 1. The molecule has 14 heavy (non-hydrogen) atoms. The Labute approximate surface area is 81.5 Å². The second-order valence-electron chi connectivity index (χ2n) is 3.17. The summed E-state index contributed by atoms with van der Waals surface area (Å²) in [6, 6.07) is 0. The summed E-state index contributed by atoms with van der Waals surface area (Å²) in [5, 5.41) is 10.7. The number of carbonyl (C=O) groups is 1. The fourth-order valence-corrected chi connectivity index (χ4v) is 1.49. The summed E-state index contributed by atoms with van der Waals surface area (Å²) in [4.78, 5) is 10.8. The van der Waals surface area contributed by atoms with Crippen LogP contribution in [0.3, 0.4) is 0 Å². The Kier molecular flexibility index (Phi) is 2.30. The molecular formula is C9H11N3O2. The summed E-state index contributed by atoms with van der Waals surface area (Å²) in [6.07, 6.45) is 3.55. The van der Waals surface area contributed by atoms with Crippen molar-refractivity contribution < 1.29 is 9.53 Å². The van der Waals surface area contributed by atoms with Gasteiger partial charge in [0.05, 0.1) is 11.9 Å². The number of nitrogens with one attached hydrogen (secondary N) is 1. The number of ether oxygens (including phenoxy) is 1. The minimum absolute atomic E-state index is 0.335. The molecule has 2 heterocycles. The molecular weight excluding hydrogens is 182 g/mol. The van der Waals surface area contributed by atoms with Crippen molar-refractivity contribution in [2.24, 2.45) is 0 Å². The van der Waals surface area contributed by atoms with Crippen LogP contribution in [-0.4, -0.2) is 22.7 Å². The molecule has 0 aromatic carbocycles. The van der Waals surface area contributed by atoms with Gasteiger partial charge in [-0.1, -0.05) is 0 Å². The molecule has 5 nitrogen and oxygen atoms in total. The fourth-order valence-electron chi connectivity index (χ4n) is 1.49. The van der Waals surface area contributed by atoms with E-state index in [1.807, 2.05) is 0 Å². The monoisotopic (exact) mass is 193 g/mol. The van der Waals surface area contributed by atoms with Crippen LogP contribution in [0, 0.1) is 0 Å². The number of hydrogen-bond acceptors (Lipinski definition) is 5. The van der Waals surface area contributed by atoms with Gasteiger partial charge in [-0.3, -0.25) is 4.79 Å². The van der Waals surface area contributed by atoms with Crippen LogP contribution in [0.2, 0.25) is 0 Å². The maximum Gasteiger partial charge on any atom is 0.309 e. The van der Waals surface area contributed by atoms with Crippen LogP contribution in [0.1, 0.15) is 18.9 Å². The average molecular weight is 193 g/mol. The van der Waals surface area contributed by atoms with E-state index in [1.165, 1.54) is 6.92 Å². The van der Waals surface area contributed by atoms with Crippen molar-refractivity contribution in [1.29, 1.82) is 0 Å². The lowest BCUT2D eigenvalue weighted by molar-refractivity contribution is -0.132. The molecule has 1 aromatic heterocycles. The molecule has 1 aliphatic rings. The maximum absolute atomic E-state index is 10.8. The van der Waals surface area contributed by atoms with Gasteiger partial charge in [0.25, 0.3) is 0 Å². The first-order valence-corrected chi connectivity index (χ1v) is 4.54. The zero-order valence-electron chi connectivity index (χ0n) is 7.91. The number of rotatable bonds is 1. The quantitative estimate of drug-likeness (QED) is 0.667. The Morgan fingerprint density at radius 1 is 1.64 bits per heavy atom. The van der Waals surface area contributed by atoms with E-state index < -0.39 is 0 Å². The van der Waals surface area contributed by atoms with Crippen molar-refractivity contribution in [3.8, 4) is 5.88 Å². The number of fused-ring (bicyclic) bond motifs is 1. The normalized spacial score (nSPS) is 14.1. The van der Waals surface area contributed by atoms with Gasteiger partial charge in [0.2, 0.25) is 5.88 Å². The van der Waals surface area contributed by atoms with Crippen LogP contribution in [0.25, 0.3) is 0 Å². The van der Waals surface area contributed by atoms with Crippen molar-refractivity contribution in [2.75, 3.05) is 11.9 Å². The lowest BCUT2D eigenvalue weighted by Gasteiger charge is -2.18. The van der Waals surface area contributed by atoms with Crippen molar-refractivity contribution in [3.63, 3.8) is 0 Å². The first-order valence-electron chi connectivity index (χ1n) is 4.54. The SMILES string of the molecule is CC(=O)Oc1nncc2c1CCCN2. The van der Waals surface area contributed by atoms with Gasteiger partial charge in [-0.25, -0.2) is 0 Å². The largest absolute Gasteiger partial charge is 0.406 e. The molecule has 0 unspecified atom stereocenters. The fraction of sp³-hybridized carbons (Fsp3) is 0.444. The molecule has 0 amide bonds. The molecule has 1 N–H and O–H groups in total. The molecule has 5 heteroatoms. The smallest absolute Gasteiger partial charge is 0.309 e. The summed E-state index contributed by atoms with van der Waals surface area (Å²) in [6.45, 7) is 2.29. The molecule has 0 bridgehead atoms. The van der Waals surface area contributed by atoms with E-state index in [1.54, 1.807) is 6.20 Å². The molecule has 0 saturated carbocycles. The van der Waals surface area contributed by atoms with Crippen LogP contribution in [0.15, 0.2) is 6.20 Å². The molecule has 1 aliphatic heterocycles. The molecule has 0 radical (unpaired) electrons. The number of nitrogens with zero attached hydrogens (tertiary/aromatic N) is 2. The lowest BCUT2D eigenvalue weighted by Crippen LogP contribution is -2.15. The lowest BCUT2D eigenvalue weighted by atomic mass is 10.1. The molecule has 0 aliphatic carbocycles. The second kappa shape index (κ2) is 3.61. The highest BCUT2D eigenvalue weighted by Crippen LogP contribution is 2.27. The Morgan fingerprint density at radius 2 is 2.50 bits per heavy atom. The third-order valence-corrected chi connectivity index (χ3v) is 2.08. The maximum atomic E-state index is 10.8. The standard InChI is InChI=1S/C9H11N3O2/c1-6(13)14-9-7-3-2-4-10-8(7)5-11-12-9/h5,10H,2-4H2,1H3. The molecule has 2 rings (SSSR count). The van der Waals surface area contributed by atoms with Gasteiger partial charge < -0.3 is 10.1 Å². The number of carbonyl (C=O) groups excluding carboxylic acids is 1. The zero-order chi connectivity index (χ0) is 9.97. The van der Waals surface area contributed by atoms with E-state index >= 15 is 0 Å². The third-order valence-electron chi connectivity index (χ3n) is 2.08. The summed E-state index contributed by atoms with van der Waals surface area (Å²) in [5.41, 5.74) is 1.86. The number of anilines is 1. The second-order valence-corrected chi connectivity index (χ2v) is 3.17. The Hall–Kier alpha value is -1.65. The van der Waals surface area contributed by atoms with E-state index in [0.717, 1.165) is 30.6 Å². The highest BCUT2D eigenvalue weighted by atomic mass is 16.5. The van der Waals surface area contributed by atoms with Crippen molar-refractivity contribution >= 4 is 11.7 Å². The number of aromatic nitrogens is 2. The van der Waals surface area contributed by atoms with Crippen molar-refractivity contribution in [3.05, 3.63) is 11.8 Å². The van der Waals surface area contributed by atoms with E-state index in [2.05, 4.69) is 15.5 Å². The highest BCUT2D eigenvalue weighted by Gasteiger charge is 2.16. The van der Waals surface area contributed by atoms with E-state index in [-0.39, 0.29) is 5.97 Å². The van der Waals surface area contributed by atoms with E-state index in [9.17, 15) is 4.79 Å². The van der Waals surface area contributed by atoms with Gasteiger partial charge in [0.1, 0.15) is 0 Å². The third kappa shape index (κ3) is 1.66. The van der Waals surface area contributed by atoms with Gasteiger partial charge >= 0.3 is 5.97 Å². The highest BCUT2D eigenvalue weighted by molar-refractivity contribution is 5.70. The Morgan fingerprint density at radius 3 is 3.29 bits per heavy atom. The van der Waals surface area contributed by atoms with Gasteiger partial charge in [-0.15, -0.1) is 5.10 Å². The van der Waals surface area contributed by atoms with Crippen LogP contribution in [-0.2, 0) is 11.2 Å². The van der Waals surface area contributed by atoms with Crippen LogP contribution < -0.4 is 10.1 Å². The molecule has 0 spiro atoms. The summed E-state index contributed by atoms with van der Waals surface area (Å²) in [5.74, 6) is -0.0273. The van der Waals surface area contributed by atoms with Gasteiger partial charge in [0, 0.05) is 19.0 Å². The predicted octanol–water partition coefficient (Wildman–Crippen LogP) is 0.760. The molecule has 0 atom stereocenters. The topological polar surface area (TPSA) is 64.1 Å². The van der Waals surface area contributed by atoms with Gasteiger partial charge in [-0.2, -0.15) is 5.10 Å². The number of hydrogen-bond donors (Lipinski definition) is 1. The minimum Gasteiger partial charge on any atom is -0.406 e. The average Bonchev–Trinajstić information content (AvgIpc) is 2.18. The molecule has 0 saturated heterocycles. The van der Waals surface area contributed by atoms with Crippen molar-refractivity contribution in [1.82, 2.24) is 10.2 Å².